The summed E-state index contributed by atoms with van der Waals surface area (Å²) >= 11 is 0. The van der Waals surface area contributed by atoms with Gasteiger partial charge in [0.25, 0.3) is 0 Å². The highest BCUT2D eigenvalue weighted by atomic mass is 16.6. The summed E-state index contributed by atoms with van der Waals surface area (Å²) in [5.41, 5.74) is 5.74. The summed E-state index contributed by atoms with van der Waals surface area (Å²) in [5, 5.41) is 14.8. The molecule has 1 aromatic heterocycles. The van der Waals surface area contributed by atoms with Gasteiger partial charge in [-0.15, -0.1) is 0 Å². The first-order valence-electron chi connectivity index (χ1n) is 8.88. The van der Waals surface area contributed by atoms with E-state index in [9.17, 15) is 10.1 Å². The quantitative estimate of drug-likeness (QED) is 0.643. The SMILES string of the molecule is C[C@@H]1CCCN(c2nc(NC3CCCCC3)nc(N)c2[N+](=O)[O-])C1. The van der Waals surface area contributed by atoms with Gasteiger partial charge in [0.2, 0.25) is 17.6 Å². The van der Waals surface area contributed by atoms with E-state index in [2.05, 4.69) is 22.2 Å². The predicted octanol–water partition coefficient (Wildman–Crippen LogP) is 2.95. The Hall–Kier alpha value is -2.12. The van der Waals surface area contributed by atoms with Gasteiger partial charge in [0.1, 0.15) is 0 Å². The number of nitrogens with two attached hydrogens (primary N) is 1. The molecule has 24 heavy (non-hydrogen) atoms. The summed E-state index contributed by atoms with van der Waals surface area (Å²) in [6.45, 7) is 3.69. The number of aromatic nitrogens is 2. The van der Waals surface area contributed by atoms with Gasteiger partial charge in [-0.25, -0.2) is 0 Å². The molecule has 0 spiro atoms. The van der Waals surface area contributed by atoms with Crippen LogP contribution in [0.15, 0.2) is 0 Å². The summed E-state index contributed by atoms with van der Waals surface area (Å²) in [5.74, 6) is 1.21. The van der Waals surface area contributed by atoms with Crippen molar-refractivity contribution in [3.8, 4) is 0 Å². The lowest BCUT2D eigenvalue weighted by atomic mass is 9.96. The lowest BCUT2D eigenvalue weighted by Crippen LogP contribution is -2.36. The lowest BCUT2D eigenvalue weighted by Gasteiger charge is -2.32. The molecule has 2 heterocycles. The monoisotopic (exact) mass is 334 g/mol. The minimum atomic E-state index is -0.464. The minimum absolute atomic E-state index is 0.0541. The zero-order valence-corrected chi connectivity index (χ0v) is 14.2. The Morgan fingerprint density at radius 1 is 1.21 bits per heavy atom. The number of piperidine rings is 1. The Morgan fingerprint density at radius 3 is 2.62 bits per heavy atom. The molecule has 1 aromatic rings. The van der Waals surface area contributed by atoms with Crippen LogP contribution in [0, 0.1) is 16.0 Å². The molecule has 1 saturated carbocycles. The second kappa shape index (κ2) is 7.19. The van der Waals surface area contributed by atoms with Crippen LogP contribution >= 0.6 is 0 Å². The van der Waals surface area contributed by atoms with E-state index in [4.69, 9.17) is 5.73 Å². The van der Waals surface area contributed by atoms with Gasteiger partial charge < -0.3 is 16.0 Å². The number of nitrogen functional groups attached to an aromatic ring is 1. The maximum absolute atomic E-state index is 11.5. The summed E-state index contributed by atoms with van der Waals surface area (Å²) in [7, 11) is 0. The van der Waals surface area contributed by atoms with Gasteiger partial charge >= 0.3 is 5.69 Å². The molecule has 0 amide bonds. The van der Waals surface area contributed by atoms with Crippen molar-refractivity contribution in [1.29, 1.82) is 0 Å². The molecule has 0 bridgehead atoms. The Balaban J connectivity index is 1.89. The summed E-state index contributed by atoms with van der Waals surface area (Å²) in [6, 6.07) is 0.327. The molecule has 3 N–H and O–H groups in total. The van der Waals surface area contributed by atoms with Crippen LogP contribution in [0.25, 0.3) is 0 Å². The Morgan fingerprint density at radius 2 is 1.96 bits per heavy atom. The number of rotatable bonds is 4. The lowest BCUT2D eigenvalue weighted by molar-refractivity contribution is -0.383. The van der Waals surface area contributed by atoms with Crippen molar-refractivity contribution >= 4 is 23.3 Å². The molecule has 1 atom stereocenters. The van der Waals surface area contributed by atoms with Gasteiger partial charge in [-0.05, 0) is 31.6 Å². The normalized spacial score (nSPS) is 22.4. The number of hydrogen-bond acceptors (Lipinski definition) is 7. The average Bonchev–Trinajstić information content (AvgIpc) is 2.55. The first-order chi connectivity index (χ1) is 11.5. The molecule has 8 nitrogen and oxygen atoms in total. The molecule has 0 radical (unpaired) electrons. The molecule has 0 aromatic carbocycles. The summed E-state index contributed by atoms with van der Waals surface area (Å²) < 4.78 is 0. The molecule has 8 heteroatoms. The topological polar surface area (TPSA) is 110 Å². The van der Waals surface area contributed by atoms with E-state index in [0.717, 1.165) is 38.8 Å². The molecule has 132 valence electrons. The molecular weight excluding hydrogens is 308 g/mol. The van der Waals surface area contributed by atoms with Crippen molar-refractivity contribution in [3.05, 3.63) is 10.1 Å². The van der Waals surface area contributed by atoms with Crippen molar-refractivity contribution in [2.45, 2.75) is 57.9 Å². The van der Waals surface area contributed by atoms with Gasteiger partial charge in [0.15, 0.2) is 0 Å². The number of nitro groups is 1. The Labute approximate surface area is 142 Å². The van der Waals surface area contributed by atoms with Crippen LogP contribution in [-0.4, -0.2) is 34.0 Å². The maximum Gasteiger partial charge on any atom is 0.353 e. The van der Waals surface area contributed by atoms with Crippen LogP contribution in [0.2, 0.25) is 0 Å². The van der Waals surface area contributed by atoms with E-state index in [1.807, 2.05) is 4.90 Å². The maximum atomic E-state index is 11.5. The fraction of sp³-hybridized carbons (Fsp3) is 0.750. The highest BCUT2D eigenvalue weighted by molar-refractivity contribution is 5.71. The predicted molar refractivity (Wildman–Crippen MR) is 94.2 cm³/mol. The molecule has 1 saturated heterocycles. The van der Waals surface area contributed by atoms with Crippen LogP contribution in [0.5, 0.6) is 0 Å². The number of nitrogens with zero attached hydrogens (tertiary/aromatic N) is 4. The third-order valence-corrected chi connectivity index (χ3v) is 4.97. The van der Waals surface area contributed by atoms with Crippen LogP contribution in [0.1, 0.15) is 51.9 Å². The van der Waals surface area contributed by atoms with Crippen LogP contribution in [0.3, 0.4) is 0 Å². The van der Waals surface area contributed by atoms with Gasteiger partial charge in [0, 0.05) is 19.1 Å². The fourth-order valence-electron chi connectivity index (χ4n) is 3.73. The van der Waals surface area contributed by atoms with E-state index in [-0.39, 0.29) is 11.5 Å². The zero-order chi connectivity index (χ0) is 17.1. The van der Waals surface area contributed by atoms with Crippen molar-refractivity contribution in [2.24, 2.45) is 5.92 Å². The number of anilines is 3. The van der Waals surface area contributed by atoms with E-state index >= 15 is 0 Å². The molecule has 1 aliphatic heterocycles. The highest BCUT2D eigenvalue weighted by Crippen LogP contribution is 2.34. The third-order valence-electron chi connectivity index (χ3n) is 4.97. The minimum Gasteiger partial charge on any atom is -0.378 e. The first-order valence-corrected chi connectivity index (χ1v) is 8.88. The zero-order valence-electron chi connectivity index (χ0n) is 14.2. The van der Waals surface area contributed by atoms with Gasteiger partial charge in [0.05, 0.1) is 4.92 Å². The second-order valence-electron chi connectivity index (χ2n) is 7.03. The number of nitrogens with one attached hydrogen (secondary N) is 1. The first kappa shape index (κ1) is 16.7. The van der Waals surface area contributed by atoms with Crippen molar-refractivity contribution < 1.29 is 4.92 Å². The second-order valence-corrected chi connectivity index (χ2v) is 7.03. The third kappa shape index (κ3) is 3.68. The van der Waals surface area contributed by atoms with Gasteiger partial charge in [-0.3, -0.25) is 10.1 Å². The van der Waals surface area contributed by atoms with Crippen molar-refractivity contribution in [2.75, 3.05) is 29.0 Å². The molecule has 0 unspecified atom stereocenters. The molecule has 2 fully saturated rings. The van der Waals surface area contributed by atoms with Crippen LogP contribution in [-0.2, 0) is 0 Å². The molecular formula is C16H26N6O2. The largest absolute Gasteiger partial charge is 0.378 e. The van der Waals surface area contributed by atoms with Gasteiger partial charge in [-0.1, -0.05) is 26.2 Å². The molecule has 2 aliphatic rings. The summed E-state index contributed by atoms with van der Waals surface area (Å²) in [6.07, 6.45) is 7.95. The standard InChI is InChI=1S/C16H26N6O2/c1-11-6-5-9-21(10-11)15-13(22(23)24)14(17)19-16(20-15)18-12-7-3-2-4-8-12/h11-12H,2-10H2,1H3,(H3,17,18,19,20)/t11-/m1/s1. The Kier molecular flexibility index (Phi) is 5.01. The van der Waals surface area contributed by atoms with E-state index in [1.165, 1.54) is 19.3 Å². The van der Waals surface area contributed by atoms with E-state index < -0.39 is 4.92 Å². The summed E-state index contributed by atoms with van der Waals surface area (Å²) in [4.78, 5) is 21.6. The molecule has 3 rings (SSSR count). The van der Waals surface area contributed by atoms with Crippen LogP contribution < -0.4 is 16.0 Å². The van der Waals surface area contributed by atoms with Crippen molar-refractivity contribution in [1.82, 2.24) is 9.97 Å². The van der Waals surface area contributed by atoms with E-state index in [1.54, 1.807) is 0 Å². The van der Waals surface area contributed by atoms with Gasteiger partial charge in [-0.2, -0.15) is 9.97 Å². The smallest absolute Gasteiger partial charge is 0.353 e. The average molecular weight is 334 g/mol. The van der Waals surface area contributed by atoms with Crippen molar-refractivity contribution in [3.63, 3.8) is 0 Å². The fourth-order valence-corrected chi connectivity index (χ4v) is 3.73. The van der Waals surface area contributed by atoms with E-state index in [0.29, 0.717) is 23.7 Å². The molecule has 1 aliphatic carbocycles. The highest BCUT2D eigenvalue weighted by Gasteiger charge is 2.30. The van der Waals surface area contributed by atoms with Crippen LogP contribution in [0.4, 0.5) is 23.3 Å². The Bertz CT molecular complexity index is 602. The number of hydrogen-bond donors (Lipinski definition) is 2.